The van der Waals surface area contributed by atoms with Crippen molar-refractivity contribution in [2.75, 3.05) is 0 Å². The Morgan fingerprint density at radius 1 is 1.13 bits per heavy atom. The normalized spacial score (nSPS) is 11.4. The molecule has 1 N–H and O–H groups in total. The number of aromatic amines is 1. The highest BCUT2D eigenvalue weighted by atomic mass is 16.1. The summed E-state index contributed by atoms with van der Waals surface area (Å²) in [7, 11) is 0. The number of aryl methyl sites for hydroxylation is 2. The Morgan fingerprint density at radius 3 is 2.83 bits per heavy atom. The van der Waals surface area contributed by atoms with Crippen LogP contribution in [0.3, 0.4) is 0 Å². The molecule has 2 aromatic carbocycles. The molecule has 2 heterocycles. The van der Waals surface area contributed by atoms with Gasteiger partial charge in [-0.2, -0.15) is 5.10 Å². The SMILES string of the molecule is CCc1cc(-c2cccc3c2ccc2n[nH]c(=O)n23)ccc1C. The third-order valence-electron chi connectivity index (χ3n) is 4.46. The van der Waals surface area contributed by atoms with Gasteiger partial charge in [-0.1, -0.05) is 37.3 Å². The molecule has 0 aliphatic carbocycles. The molecule has 4 heteroatoms. The van der Waals surface area contributed by atoms with Crippen LogP contribution in [-0.2, 0) is 6.42 Å². The zero-order valence-corrected chi connectivity index (χ0v) is 13.1. The minimum Gasteiger partial charge on any atom is -0.246 e. The first-order valence-electron chi connectivity index (χ1n) is 7.78. The van der Waals surface area contributed by atoms with Gasteiger partial charge in [0.1, 0.15) is 0 Å². The monoisotopic (exact) mass is 303 g/mol. The van der Waals surface area contributed by atoms with Crippen LogP contribution in [-0.4, -0.2) is 14.6 Å². The molecule has 2 aromatic heterocycles. The van der Waals surface area contributed by atoms with E-state index in [0.29, 0.717) is 5.65 Å². The number of fused-ring (bicyclic) bond motifs is 3. The molecular formula is C19H17N3O. The smallest absolute Gasteiger partial charge is 0.246 e. The fourth-order valence-electron chi connectivity index (χ4n) is 3.21. The third kappa shape index (κ3) is 2.06. The van der Waals surface area contributed by atoms with Gasteiger partial charge in [0, 0.05) is 5.39 Å². The van der Waals surface area contributed by atoms with E-state index in [4.69, 9.17) is 0 Å². The van der Waals surface area contributed by atoms with Crippen molar-refractivity contribution in [2.24, 2.45) is 0 Å². The van der Waals surface area contributed by atoms with E-state index in [1.165, 1.54) is 16.7 Å². The zero-order valence-electron chi connectivity index (χ0n) is 13.1. The molecule has 0 unspecified atom stereocenters. The summed E-state index contributed by atoms with van der Waals surface area (Å²) in [4.78, 5) is 12.0. The van der Waals surface area contributed by atoms with Crippen molar-refractivity contribution in [1.29, 1.82) is 0 Å². The molecule has 0 bridgehead atoms. The highest BCUT2D eigenvalue weighted by Crippen LogP contribution is 2.30. The van der Waals surface area contributed by atoms with E-state index in [0.717, 1.165) is 22.9 Å². The standard InChI is InChI=1S/C19H17N3O/c1-3-13-11-14(8-7-12(13)2)15-5-4-6-17-16(15)9-10-18-20-21-19(23)22(17)18/h4-11H,3H2,1-2H3,(H,21,23). The van der Waals surface area contributed by atoms with Crippen molar-refractivity contribution in [2.45, 2.75) is 20.3 Å². The van der Waals surface area contributed by atoms with Crippen molar-refractivity contribution in [3.8, 4) is 11.1 Å². The van der Waals surface area contributed by atoms with Crippen molar-refractivity contribution in [3.05, 3.63) is 70.1 Å². The maximum Gasteiger partial charge on any atom is 0.348 e. The molecule has 0 amide bonds. The van der Waals surface area contributed by atoms with Crippen molar-refractivity contribution in [1.82, 2.24) is 14.6 Å². The minimum absolute atomic E-state index is 0.207. The summed E-state index contributed by atoms with van der Waals surface area (Å²) >= 11 is 0. The first-order valence-corrected chi connectivity index (χ1v) is 7.78. The summed E-state index contributed by atoms with van der Waals surface area (Å²) in [6, 6.07) is 16.5. The second kappa shape index (κ2) is 5.09. The number of H-pyrrole nitrogens is 1. The van der Waals surface area contributed by atoms with E-state index in [1.54, 1.807) is 4.40 Å². The van der Waals surface area contributed by atoms with E-state index >= 15 is 0 Å². The van der Waals surface area contributed by atoms with Gasteiger partial charge in [-0.25, -0.2) is 14.3 Å². The summed E-state index contributed by atoms with van der Waals surface area (Å²) in [5.74, 6) is 0. The van der Waals surface area contributed by atoms with Gasteiger partial charge in [0.25, 0.3) is 0 Å². The van der Waals surface area contributed by atoms with E-state index in [2.05, 4.69) is 48.3 Å². The molecule has 0 aliphatic heterocycles. The molecule has 114 valence electrons. The van der Waals surface area contributed by atoms with Crippen LogP contribution in [0.5, 0.6) is 0 Å². The Morgan fingerprint density at radius 2 is 2.00 bits per heavy atom. The Hall–Kier alpha value is -2.88. The molecule has 4 rings (SSSR count). The number of benzene rings is 2. The minimum atomic E-state index is -0.207. The topological polar surface area (TPSA) is 50.2 Å². The quantitative estimate of drug-likeness (QED) is 0.613. The lowest BCUT2D eigenvalue weighted by molar-refractivity contribution is 1.04. The Labute approximate surface area is 133 Å². The van der Waals surface area contributed by atoms with Crippen LogP contribution in [0.15, 0.2) is 53.3 Å². The van der Waals surface area contributed by atoms with Crippen LogP contribution >= 0.6 is 0 Å². The Balaban J connectivity index is 2.06. The lowest BCUT2D eigenvalue weighted by Crippen LogP contribution is -2.09. The summed E-state index contributed by atoms with van der Waals surface area (Å²) in [6.07, 6.45) is 1.01. The van der Waals surface area contributed by atoms with Crippen LogP contribution in [0, 0.1) is 6.92 Å². The largest absolute Gasteiger partial charge is 0.348 e. The predicted molar refractivity (Wildman–Crippen MR) is 92.9 cm³/mol. The van der Waals surface area contributed by atoms with Crippen LogP contribution in [0.25, 0.3) is 27.7 Å². The van der Waals surface area contributed by atoms with Crippen molar-refractivity contribution in [3.63, 3.8) is 0 Å². The molecule has 4 nitrogen and oxygen atoms in total. The molecule has 23 heavy (non-hydrogen) atoms. The van der Waals surface area contributed by atoms with E-state index < -0.39 is 0 Å². The van der Waals surface area contributed by atoms with E-state index in [-0.39, 0.29) is 5.69 Å². The molecule has 0 atom stereocenters. The molecule has 0 spiro atoms. The van der Waals surface area contributed by atoms with E-state index in [1.807, 2.05) is 24.3 Å². The second-order valence-corrected chi connectivity index (χ2v) is 5.79. The Kier molecular flexibility index (Phi) is 3.05. The van der Waals surface area contributed by atoms with Gasteiger partial charge in [0.15, 0.2) is 5.65 Å². The lowest BCUT2D eigenvalue weighted by Gasteiger charge is -2.11. The van der Waals surface area contributed by atoms with Gasteiger partial charge in [-0.05, 0) is 53.8 Å². The van der Waals surface area contributed by atoms with Crippen molar-refractivity contribution < 1.29 is 0 Å². The van der Waals surface area contributed by atoms with Crippen LogP contribution in [0.1, 0.15) is 18.1 Å². The lowest BCUT2D eigenvalue weighted by atomic mass is 9.96. The molecule has 0 radical (unpaired) electrons. The molecule has 4 aromatic rings. The number of rotatable bonds is 2. The molecule has 0 aliphatic rings. The van der Waals surface area contributed by atoms with Crippen LogP contribution in [0.2, 0.25) is 0 Å². The number of nitrogens with one attached hydrogen (secondary N) is 1. The number of pyridine rings is 1. The molecule has 0 saturated carbocycles. The highest BCUT2D eigenvalue weighted by molar-refractivity contribution is 5.96. The second-order valence-electron chi connectivity index (χ2n) is 5.79. The van der Waals surface area contributed by atoms with Gasteiger partial charge in [0.05, 0.1) is 5.52 Å². The fourth-order valence-corrected chi connectivity index (χ4v) is 3.21. The molecule has 0 fully saturated rings. The predicted octanol–water partition coefficient (Wildman–Crippen LogP) is 3.71. The maximum atomic E-state index is 12.0. The van der Waals surface area contributed by atoms with Crippen molar-refractivity contribution >= 4 is 16.6 Å². The van der Waals surface area contributed by atoms with E-state index in [9.17, 15) is 4.79 Å². The summed E-state index contributed by atoms with van der Waals surface area (Å²) in [6.45, 7) is 4.31. The molecular weight excluding hydrogens is 286 g/mol. The molecule has 0 saturated heterocycles. The fraction of sp³-hybridized carbons (Fsp3) is 0.158. The summed E-state index contributed by atoms with van der Waals surface area (Å²) < 4.78 is 1.62. The Bertz CT molecular complexity index is 1090. The third-order valence-corrected chi connectivity index (χ3v) is 4.46. The number of hydrogen-bond acceptors (Lipinski definition) is 2. The van der Waals surface area contributed by atoms with Gasteiger partial charge in [-0.3, -0.25) is 0 Å². The highest BCUT2D eigenvalue weighted by Gasteiger charge is 2.10. The first-order chi connectivity index (χ1) is 11.2. The summed E-state index contributed by atoms with van der Waals surface area (Å²) in [5, 5.41) is 7.60. The summed E-state index contributed by atoms with van der Waals surface area (Å²) in [5.41, 5.74) is 6.27. The number of nitrogens with zero attached hydrogens (tertiary/aromatic N) is 2. The zero-order chi connectivity index (χ0) is 16.0. The first kappa shape index (κ1) is 13.8. The van der Waals surface area contributed by atoms with Crippen LogP contribution < -0.4 is 5.69 Å². The average Bonchev–Trinajstić information content (AvgIpc) is 2.96. The van der Waals surface area contributed by atoms with Gasteiger partial charge < -0.3 is 0 Å². The van der Waals surface area contributed by atoms with Gasteiger partial charge >= 0.3 is 5.69 Å². The number of hydrogen-bond donors (Lipinski definition) is 1. The van der Waals surface area contributed by atoms with Gasteiger partial charge in [0.2, 0.25) is 0 Å². The maximum absolute atomic E-state index is 12.0. The average molecular weight is 303 g/mol. The number of aromatic nitrogens is 3. The van der Waals surface area contributed by atoms with Gasteiger partial charge in [-0.15, -0.1) is 0 Å². The van der Waals surface area contributed by atoms with Crippen LogP contribution in [0.4, 0.5) is 0 Å².